The minimum Gasteiger partial charge on any atom is -0.409 e. The van der Waals surface area contributed by atoms with Crippen LogP contribution in [0, 0.1) is 0 Å². The molecule has 0 heterocycles. The summed E-state index contributed by atoms with van der Waals surface area (Å²) < 4.78 is 0. The molecule has 0 radical (unpaired) electrons. The van der Waals surface area contributed by atoms with Crippen LogP contribution in [-0.4, -0.2) is 11.0 Å². The Morgan fingerprint density at radius 2 is 2.00 bits per heavy atom. The molecule has 14 heavy (non-hydrogen) atoms. The number of hydrogen-bond acceptors (Lipinski definition) is 2. The summed E-state index contributed by atoms with van der Waals surface area (Å²) in [5, 5.41) is 11.9. The quantitative estimate of drug-likeness (QED) is 0.341. The number of amidine groups is 1. The topological polar surface area (TPSA) is 58.6 Å². The standard InChI is InChI=1S/C10H11ClN2O/c1-7(6-10(12)13-14)8-2-4-9(11)5-3-8/h2-6,14H,1H3,(H2,12,13)/b7-6+. The van der Waals surface area contributed by atoms with Crippen molar-refractivity contribution in [3.63, 3.8) is 0 Å². The number of hydrogen-bond donors (Lipinski definition) is 2. The van der Waals surface area contributed by atoms with Gasteiger partial charge in [-0.1, -0.05) is 28.9 Å². The van der Waals surface area contributed by atoms with E-state index < -0.39 is 0 Å². The first kappa shape index (κ1) is 10.6. The minimum atomic E-state index is 0.0810. The van der Waals surface area contributed by atoms with Crippen LogP contribution in [0.3, 0.4) is 0 Å². The minimum absolute atomic E-state index is 0.0810. The van der Waals surface area contributed by atoms with Crippen molar-refractivity contribution in [1.29, 1.82) is 0 Å². The molecule has 3 N–H and O–H groups in total. The Kier molecular flexibility index (Phi) is 3.54. The van der Waals surface area contributed by atoms with Gasteiger partial charge in [0, 0.05) is 5.02 Å². The Morgan fingerprint density at radius 3 is 2.50 bits per heavy atom. The maximum atomic E-state index is 8.37. The van der Waals surface area contributed by atoms with E-state index in [0.29, 0.717) is 5.02 Å². The summed E-state index contributed by atoms with van der Waals surface area (Å²) in [6.07, 6.45) is 1.59. The van der Waals surface area contributed by atoms with Crippen molar-refractivity contribution < 1.29 is 5.21 Å². The Labute approximate surface area is 87.5 Å². The third kappa shape index (κ3) is 2.78. The zero-order valence-electron chi connectivity index (χ0n) is 7.74. The van der Waals surface area contributed by atoms with E-state index in [9.17, 15) is 0 Å². The molecule has 0 saturated heterocycles. The molecule has 0 fully saturated rings. The van der Waals surface area contributed by atoms with E-state index in [0.717, 1.165) is 11.1 Å². The van der Waals surface area contributed by atoms with Crippen LogP contribution in [0.5, 0.6) is 0 Å². The first-order valence-electron chi connectivity index (χ1n) is 4.05. The van der Waals surface area contributed by atoms with Gasteiger partial charge in [-0.05, 0) is 36.3 Å². The van der Waals surface area contributed by atoms with Crippen LogP contribution in [0.15, 0.2) is 35.5 Å². The lowest BCUT2D eigenvalue weighted by Gasteiger charge is -2.00. The largest absolute Gasteiger partial charge is 0.409 e. The van der Waals surface area contributed by atoms with Gasteiger partial charge >= 0.3 is 0 Å². The van der Waals surface area contributed by atoms with E-state index in [1.54, 1.807) is 18.2 Å². The number of halogens is 1. The zero-order chi connectivity index (χ0) is 10.6. The molecule has 0 spiro atoms. The number of allylic oxidation sites excluding steroid dienone is 1. The number of nitrogens with two attached hydrogens (primary N) is 1. The highest BCUT2D eigenvalue weighted by molar-refractivity contribution is 6.30. The highest BCUT2D eigenvalue weighted by Crippen LogP contribution is 2.16. The van der Waals surface area contributed by atoms with Crippen LogP contribution in [-0.2, 0) is 0 Å². The highest BCUT2D eigenvalue weighted by Gasteiger charge is 1.96. The fourth-order valence-corrected chi connectivity index (χ4v) is 1.17. The van der Waals surface area contributed by atoms with Crippen molar-refractivity contribution in [1.82, 2.24) is 0 Å². The number of rotatable bonds is 2. The molecule has 0 saturated carbocycles. The fraction of sp³-hybridized carbons (Fsp3) is 0.100. The zero-order valence-corrected chi connectivity index (χ0v) is 8.49. The predicted octanol–water partition coefficient (Wildman–Crippen LogP) is 2.49. The summed E-state index contributed by atoms with van der Waals surface area (Å²) in [6, 6.07) is 7.33. The smallest absolute Gasteiger partial charge is 0.163 e. The van der Waals surface area contributed by atoms with Gasteiger partial charge in [0.1, 0.15) is 0 Å². The fourth-order valence-electron chi connectivity index (χ4n) is 1.05. The van der Waals surface area contributed by atoms with Crippen LogP contribution < -0.4 is 5.73 Å². The summed E-state index contributed by atoms with van der Waals surface area (Å²) in [6.45, 7) is 1.88. The van der Waals surface area contributed by atoms with Gasteiger partial charge in [-0.3, -0.25) is 0 Å². The SMILES string of the molecule is C/C(=C\C(N)=N\O)c1ccc(Cl)cc1. The van der Waals surface area contributed by atoms with E-state index in [-0.39, 0.29) is 5.84 Å². The monoisotopic (exact) mass is 210 g/mol. The molecule has 0 unspecified atom stereocenters. The lowest BCUT2D eigenvalue weighted by atomic mass is 10.1. The molecular formula is C10H11ClN2O. The van der Waals surface area contributed by atoms with Gasteiger partial charge in [-0.2, -0.15) is 0 Å². The molecular weight excluding hydrogens is 200 g/mol. The van der Waals surface area contributed by atoms with Gasteiger partial charge in [0.25, 0.3) is 0 Å². The summed E-state index contributed by atoms with van der Waals surface area (Å²) in [5.41, 5.74) is 7.24. The molecule has 0 aliphatic rings. The van der Waals surface area contributed by atoms with Crippen LogP contribution in [0.4, 0.5) is 0 Å². The lowest BCUT2D eigenvalue weighted by Crippen LogP contribution is -2.07. The van der Waals surface area contributed by atoms with Gasteiger partial charge in [0.05, 0.1) is 0 Å². The van der Waals surface area contributed by atoms with E-state index in [4.69, 9.17) is 22.5 Å². The van der Waals surface area contributed by atoms with Crippen LogP contribution in [0.25, 0.3) is 5.57 Å². The molecule has 4 heteroatoms. The molecule has 1 aromatic rings. The Morgan fingerprint density at radius 1 is 1.43 bits per heavy atom. The van der Waals surface area contributed by atoms with E-state index in [1.807, 2.05) is 19.1 Å². The second kappa shape index (κ2) is 4.67. The molecule has 0 amide bonds. The summed E-state index contributed by atoms with van der Waals surface area (Å²) in [5.74, 6) is 0.0810. The predicted molar refractivity (Wildman–Crippen MR) is 58.5 cm³/mol. The second-order valence-corrected chi connectivity index (χ2v) is 3.30. The van der Waals surface area contributed by atoms with Crippen molar-refractivity contribution in [2.75, 3.05) is 0 Å². The molecule has 0 aliphatic heterocycles. The van der Waals surface area contributed by atoms with E-state index in [2.05, 4.69) is 5.16 Å². The first-order chi connectivity index (χ1) is 6.63. The number of oxime groups is 1. The average Bonchev–Trinajstić information content (AvgIpc) is 2.18. The molecule has 0 aromatic heterocycles. The van der Waals surface area contributed by atoms with Crippen LogP contribution >= 0.6 is 11.6 Å². The van der Waals surface area contributed by atoms with Crippen LogP contribution in [0.2, 0.25) is 5.02 Å². The average molecular weight is 211 g/mol. The summed E-state index contributed by atoms with van der Waals surface area (Å²) in [7, 11) is 0. The van der Waals surface area contributed by atoms with Crippen LogP contribution in [0.1, 0.15) is 12.5 Å². The lowest BCUT2D eigenvalue weighted by molar-refractivity contribution is 0.319. The Balaban J connectivity index is 2.95. The third-order valence-electron chi connectivity index (χ3n) is 1.78. The number of nitrogens with zero attached hydrogens (tertiary/aromatic N) is 1. The molecule has 1 aromatic carbocycles. The molecule has 3 nitrogen and oxygen atoms in total. The summed E-state index contributed by atoms with van der Waals surface area (Å²) in [4.78, 5) is 0. The highest BCUT2D eigenvalue weighted by atomic mass is 35.5. The van der Waals surface area contributed by atoms with Gasteiger partial charge < -0.3 is 10.9 Å². The Hall–Kier alpha value is -1.48. The van der Waals surface area contributed by atoms with Crippen molar-refractivity contribution in [3.05, 3.63) is 40.9 Å². The van der Waals surface area contributed by atoms with Crippen molar-refractivity contribution >= 4 is 23.0 Å². The molecule has 0 aliphatic carbocycles. The molecule has 74 valence electrons. The number of benzene rings is 1. The van der Waals surface area contributed by atoms with Crippen molar-refractivity contribution in [3.8, 4) is 0 Å². The van der Waals surface area contributed by atoms with Gasteiger partial charge in [0.15, 0.2) is 5.84 Å². The molecule has 0 atom stereocenters. The van der Waals surface area contributed by atoms with Crippen molar-refractivity contribution in [2.24, 2.45) is 10.9 Å². The third-order valence-corrected chi connectivity index (χ3v) is 2.03. The molecule has 1 rings (SSSR count). The van der Waals surface area contributed by atoms with Crippen molar-refractivity contribution in [2.45, 2.75) is 6.92 Å². The maximum Gasteiger partial charge on any atom is 0.163 e. The van der Waals surface area contributed by atoms with Gasteiger partial charge in [0.2, 0.25) is 0 Å². The first-order valence-corrected chi connectivity index (χ1v) is 4.43. The maximum absolute atomic E-state index is 8.37. The van der Waals surface area contributed by atoms with E-state index in [1.165, 1.54) is 0 Å². The van der Waals surface area contributed by atoms with Gasteiger partial charge in [-0.25, -0.2) is 0 Å². The summed E-state index contributed by atoms with van der Waals surface area (Å²) >= 11 is 5.74. The van der Waals surface area contributed by atoms with E-state index >= 15 is 0 Å². The normalized spacial score (nSPS) is 13.0. The van der Waals surface area contributed by atoms with Gasteiger partial charge in [-0.15, -0.1) is 0 Å². The second-order valence-electron chi connectivity index (χ2n) is 2.86. The Bertz CT molecular complexity index is 368. The molecule has 0 bridgehead atoms.